The van der Waals surface area contributed by atoms with Crippen molar-refractivity contribution in [3.8, 4) is 0 Å². The van der Waals surface area contributed by atoms with Gasteiger partial charge in [0, 0.05) is 29.1 Å². The van der Waals surface area contributed by atoms with E-state index in [4.69, 9.17) is 0 Å². The highest BCUT2D eigenvalue weighted by molar-refractivity contribution is 8.00. The van der Waals surface area contributed by atoms with Crippen molar-refractivity contribution in [2.75, 3.05) is 12.8 Å². The lowest BCUT2D eigenvalue weighted by molar-refractivity contribution is 0.0948. The van der Waals surface area contributed by atoms with E-state index in [1.165, 1.54) is 12.3 Å². The molecule has 5 heteroatoms. The number of amides is 1. The average molecular weight is 268 g/mol. The molecule has 0 spiro atoms. The van der Waals surface area contributed by atoms with Gasteiger partial charge >= 0.3 is 0 Å². The number of hydrogen-bond acceptors (Lipinski definition) is 3. The highest BCUT2D eigenvalue weighted by Gasteiger charge is 2.25. The summed E-state index contributed by atoms with van der Waals surface area (Å²) >= 11 is 1.78. The number of aromatic nitrogens is 1. The first-order valence-corrected chi connectivity index (χ1v) is 7.31. The van der Waals surface area contributed by atoms with E-state index in [1.54, 1.807) is 17.8 Å². The number of nitrogens with one attached hydrogen (secondary N) is 2. The number of carbonyl (C=O) groups is 1. The van der Waals surface area contributed by atoms with Crippen LogP contribution >= 0.6 is 11.8 Å². The molecule has 0 saturated carbocycles. The molecule has 0 aromatic carbocycles. The van der Waals surface area contributed by atoms with Crippen LogP contribution in [0.3, 0.4) is 0 Å². The molecular formula is C13H20N2O2S. The van der Waals surface area contributed by atoms with Crippen LogP contribution in [0.2, 0.25) is 0 Å². The van der Waals surface area contributed by atoms with Crippen LogP contribution in [0, 0.1) is 0 Å². The minimum absolute atomic E-state index is 0.0802. The lowest BCUT2D eigenvalue weighted by Crippen LogP contribution is -2.39. The second-order valence-electron chi connectivity index (χ2n) is 4.22. The average Bonchev–Trinajstić information content (AvgIpc) is 2.40. The van der Waals surface area contributed by atoms with Crippen molar-refractivity contribution in [2.45, 2.75) is 31.4 Å². The third-order valence-corrected chi connectivity index (χ3v) is 4.92. The van der Waals surface area contributed by atoms with Gasteiger partial charge in [-0.25, -0.2) is 0 Å². The van der Waals surface area contributed by atoms with E-state index in [1.807, 2.05) is 0 Å². The van der Waals surface area contributed by atoms with Gasteiger partial charge in [0.25, 0.3) is 5.91 Å². The molecule has 1 aromatic heterocycles. The topological polar surface area (TPSA) is 62.0 Å². The van der Waals surface area contributed by atoms with Crippen LogP contribution in [0.1, 0.15) is 37.0 Å². The van der Waals surface area contributed by atoms with Crippen LogP contribution in [0.15, 0.2) is 23.1 Å². The molecule has 0 aliphatic rings. The number of pyridine rings is 1. The summed E-state index contributed by atoms with van der Waals surface area (Å²) in [6.45, 7) is 4.87. The van der Waals surface area contributed by atoms with E-state index >= 15 is 0 Å². The molecule has 1 amide bonds. The van der Waals surface area contributed by atoms with Crippen molar-refractivity contribution in [3.05, 3.63) is 34.2 Å². The number of rotatable bonds is 6. The Kier molecular flexibility index (Phi) is 5.47. The van der Waals surface area contributed by atoms with Gasteiger partial charge in [0.2, 0.25) is 5.56 Å². The molecule has 1 aromatic rings. The Bertz CT molecular complexity index is 444. The molecule has 100 valence electrons. The van der Waals surface area contributed by atoms with Crippen LogP contribution in [0.25, 0.3) is 0 Å². The molecule has 1 rings (SSSR count). The van der Waals surface area contributed by atoms with E-state index in [-0.39, 0.29) is 16.2 Å². The van der Waals surface area contributed by atoms with E-state index in [9.17, 15) is 9.59 Å². The largest absolute Gasteiger partial charge is 0.351 e. The third-order valence-electron chi connectivity index (χ3n) is 3.33. The predicted molar refractivity (Wildman–Crippen MR) is 76.2 cm³/mol. The molecule has 4 nitrogen and oxygen atoms in total. The smallest absolute Gasteiger partial charge is 0.251 e. The van der Waals surface area contributed by atoms with Crippen LogP contribution < -0.4 is 10.9 Å². The fraction of sp³-hybridized carbons (Fsp3) is 0.538. The molecule has 2 N–H and O–H groups in total. The second-order valence-corrected chi connectivity index (χ2v) is 5.49. The van der Waals surface area contributed by atoms with E-state index in [2.05, 4.69) is 30.4 Å². The van der Waals surface area contributed by atoms with E-state index in [0.29, 0.717) is 12.1 Å². The SMILES string of the molecule is CCC(CC)(CNC(=O)c1cc[nH]c(=O)c1)SC. The number of hydrogen-bond donors (Lipinski definition) is 2. The number of aromatic amines is 1. The lowest BCUT2D eigenvalue weighted by Gasteiger charge is -2.29. The third kappa shape index (κ3) is 3.63. The Balaban J connectivity index is 2.69. The molecule has 0 bridgehead atoms. The van der Waals surface area contributed by atoms with Crippen LogP contribution in [0.4, 0.5) is 0 Å². The maximum absolute atomic E-state index is 11.9. The molecule has 0 radical (unpaired) electrons. The van der Waals surface area contributed by atoms with Crippen molar-refractivity contribution in [1.82, 2.24) is 10.3 Å². The molecule has 18 heavy (non-hydrogen) atoms. The molecule has 1 heterocycles. The maximum Gasteiger partial charge on any atom is 0.251 e. The summed E-state index contributed by atoms with van der Waals surface area (Å²) in [7, 11) is 0. The van der Waals surface area contributed by atoms with Crippen LogP contribution in [-0.4, -0.2) is 28.4 Å². The van der Waals surface area contributed by atoms with Gasteiger partial charge in [-0.15, -0.1) is 0 Å². The molecule has 0 aliphatic heterocycles. The standard InChI is InChI=1S/C13H20N2O2S/c1-4-13(5-2,18-3)9-15-12(17)10-6-7-14-11(16)8-10/h6-8H,4-5,9H2,1-3H3,(H,14,16)(H,15,17). The number of thioether (sulfide) groups is 1. The summed E-state index contributed by atoms with van der Waals surface area (Å²) in [5.41, 5.74) is 0.144. The van der Waals surface area contributed by atoms with Gasteiger partial charge in [0.15, 0.2) is 0 Å². The molecule has 0 saturated heterocycles. The van der Waals surface area contributed by atoms with Gasteiger partial charge in [-0.3, -0.25) is 9.59 Å². The molecular weight excluding hydrogens is 248 g/mol. The molecule has 0 aliphatic carbocycles. The fourth-order valence-corrected chi connectivity index (χ4v) is 2.58. The molecule has 0 unspecified atom stereocenters. The Morgan fingerprint density at radius 1 is 1.44 bits per heavy atom. The normalized spacial score (nSPS) is 11.3. The summed E-state index contributed by atoms with van der Waals surface area (Å²) < 4.78 is 0.0802. The molecule has 0 fully saturated rings. The van der Waals surface area contributed by atoms with Crippen molar-refractivity contribution in [1.29, 1.82) is 0 Å². The summed E-state index contributed by atoms with van der Waals surface area (Å²) in [5, 5.41) is 2.91. The monoisotopic (exact) mass is 268 g/mol. The number of H-pyrrole nitrogens is 1. The first-order chi connectivity index (χ1) is 8.56. The van der Waals surface area contributed by atoms with Gasteiger partial charge in [-0.2, -0.15) is 11.8 Å². The predicted octanol–water partition coefficient (Wildman–Crippen LogP) is 2.03. The minimum atomic E-state index is -0.259. The van der Waals surface area contributed by atoms with Gasteiger partial charge in [-0.05, 0) is 25.2 Å². The van der Waals surface area contributed by atoms with Gasteiger partial charge < -0.3 is 10.3 Å². The van der Waals surface area contributed by atoms with Crippen LogP contribution in [0.5, 0.6) is 0 Å². The van der Waals surface area contributed by atoms with Crippen molar-refractivity contribution < 1.29 is 4.79 Å². The summed E-state index contributed by atoms with van der Waals surface area (Å²) in [4.78, 5) is 25.5. The first kappa shape index (κ1) is 14.8. The zero-order chi connectivity index (χ0) is 13.6. The minimum Gasteiger partial charge on any atom is -0.351 e. The van der Waals surface area contributed by atoms with Crippen molar-refractivity contribution in [2.24, 2.45) is 0 Å². The summed E-state index contributed by atoms with van der Waals surface area (Å²) in [5.74, 6) is -0.193. The van der Waals surface area contributed by atoms with Gasteiger partial charge in [0.05, 0.1) is 0 Å². The van der Waals surface area contributed by atoms with Crippen molar-refractivity contribution in [3.63, 3.8) is 0 Å². The first-order valence-electron chi connectivity index (χ1n) is 6.09. The summed E-state index contributed by atoms with van der Waals surface area (Å²) in [6.07, 6.45) is 5.55. The highest BCUT2D eigenvalue weighted by atomic mass is 32.2. The highest BCUT2D eigenvalue weighted by Crippen LogP contribution is 2.29. The van der Waals surface area contributed by atoms with E-state index in [0.717, 1.165) is 12.8 Å². The van der Waals surface area contributed by atoms with Crippen molar-refractivity contribution >= 4 is 17.7 Å². The maximum atomic E-state index is 11.9. The fourth-order valence-electron chi connectivity index (χ4n) is 1.79. The van der Waals surface area contributed by atoms with E-state index < -0.39 is 0 Å². The Hall–Kier alpha value is -1.23. The summed E-state index contributed by atoms with van der Waals surface area (Å²) in [6, 6.07) is 2.92. The quantitative estimate of drug-likeness (QED) is 0.830. The van der Waals surface area contributed by atoms with Gasteiger partial charge in [0.1, 0.15) is 0 Å². The Labute approximate surface area is 112 Å². The zero-order valence-electron chi connectivity index (χ0n) is 11.1. The second kappa shape index (κ2) is 6.64. The van der Waals surface area contributed by atoms with Crippen LogP contribution in [-0.2, 0) is 0 Å². The number of carbonyl (C=O) groups excluding carboxylic acids is 1. The Morgan fingerprint density at radius 3 is 2.61 bits per heavy atom. The lowest BCUT2D eigenvalue weighted by atomic mass is 10.0. The Morgan fingerprint density at radius 2 is 2.11 bits per heavy atom. The zero-order valence-corrected chi connectivity index (χ0v) is 11.9. The molecule has 0 atom stereocenters. The van der Waals surface area contributed by atoms with Gasteiger partial charge in [-0.1, -0.05) is 13.8 Å².